The second-order valence-corrected chi connectivity index (χ2v) is 4.78. The third-order valence-corrected chi connectivity index (χ3v) is 3.29. The van der Waals surface area contributed by atoms with Crippen molar-refractivity contribution < 1.29 is 9.90 Å². The highest BCUT2D eigenvalue weighted by atomic mass is 16.3. The van der Waals surface area contributed by atoms with E-state index in [1.807, 2.05) is 4.90 Å². The summed E-state index contributed by atoms with van der Waals surface area (Å²) in [7, 11) is 0. The van der Waals surface area contributed by atoms with Crippen LogP contribution in [0.2, 0.25) is 0 Å². The minimum atomic E-state index is -0.310. The fraction of sp³-hybridized carbons (Fsp3) is 0.917. The zero-order valence-corrected chi connectivity index (χ0v) is 10.9. The van der Waals surface area contributed by atoms with Gasteiger partial charge in [0.15, 0.2) is 0 Å². The highest BCUT2D eigenvalue weighted by molar-refractivity contribution is 5.76. The van der Waals surface area contributed by atoms with Crippen LogP contribution in [0.5, 0.6) is 0 Å². The van der Waals surface area contributed by atoms with Crippen LogP contribution in [0.15, 0.2) is 0 Å². The SMILES string of the molecule is CCC1CN(C(=O)CCN)CCN1CC(C)O. The van der Waals surface area contributed by atoms with Gasteiger partial charge in [-0.2, -0.15) is 0 Å². The lowest BCUT2D eigenvalue weighted by molar-refractivity contribution is -0.134. The highest BCUT2D eigenvalue weighted by Crippen LogP contribution is 2.14. The molecule has 3 N–H and O–H groups in total. The van der Waals surface area contributed by atoms with Gasteiger partial charge in [0.1, 0.15) is 0 Å². The van der Waals surface area contributed by atoms with Crippen LogP contribution in [0, 0.1) is 0 Å². The lowest BCUT2D eigenvalue weighted by Gasteiger charge is -2.41. The molecule has 0 radical (unpaired) electrons. The first-order valence-electron chi connectivity index (χ1n) is 6.48. The number of hydrogen-bond donors (Lipinski definition) is 2. The molecule has 1 aliphatic rings. The average Bonchev–Trinajstić information content (AvgIpc) is 2.29. The Hall–Kier alpha value is -0.650. The molecule has 17 heavy (non-hydrogen) atoms. The quantitative estimate of drug-likeness (QED) is 0.692. The van der Waals surface area contributed by atoms with E-state index < -0.39 is 0 Å². The normalized spacial score (nSPS) is 23.8. The third-order valence-electron chi connectivity index (χ3n) is 3.29. The summed E-state index contributed by atoms with van der Waals surface area (Å²) in [6.45, 7) is 7.40. The Morgan fingerprint density at radius 1 is 1.53 bits per heavy atom. The number of rotatable bonds is 5. The molecule has 5 nitrogen and oxygen atoms in total. The summed E-state index contributed by atoms with van der Waals surface area (Å²) in [6.07, 6.45) is 1.13. The van der Waals surface area contributed by atoms with E-state index in [1.165, 1.54) is 0 Å². The van der Waals surface area contributed by atoms with Crippen molar-refractivity contribution in [2.24, 2.45) is 5.73 Å². The van der Waals surface area contributed by atoms with Gasteiger partial charge in [-0.15, -0.1) is 0 Å². The molecule has 0 aromatic carbocycles. The molecule has 0 bridgehead atoms. The standard InChI is InChI=1S/C12H25N3O2/c1-3-11-9-15(12(17)4-5-13)7-6-14(11)8-10(2)16/h10-11,16H,3-9,13H2,1-2H3. The number of carbonyl (C=O) groups is 1. The van der Waals surface area contributed by atoms with Crippen LogP contribution in [0.4, 0.5) is 0 Å². The molecular weight excluding hydrogens is 218 g/mol. The van der Waals surface area contributed by atoms with E-state index in [9.17, 15) is 9.90 Å². The van der Waals surface area contributed by atoms with Gasteiger partial charge in [0.2, 0.25) is 5.91 Å². The molecule has 0 aliphatic carbocycles. The van der Waals surface area contributed by atoms with E-state index >= 15 is 0 Å². The molecule has 1 aliphatic heterocycles. The van der Waals surface area contributed by atoms with Crippen molar-refractivity contribution in [3.8, 4) is 0 Å². The number of nitrogens with two attached hydrogens (primary N) is 1. The van der Waals surface area contributed by atoms with E-state index in [-0.39, 0.29) is 12.0 Å². The van der Waals surface area contributed by atoms with Crippen molar-refractivity contribution >= 4 is 5.91 Å². The summed E-state index contributed by atoms with van der Waals surface area (Å²) in [5.74, 6) is 0.155. The number of aliphatic hydroxyl groups excluding tert-OH is 1. The van der Waals surface area contributed by atoms with Gasteiger partial charge < -0.3 is 15.7 Å². The van der Waals surface area contributed by atoms with Crippen LogP contribution in [0.1, 0.15) is 26.7 Å². The van der Waals surface area contributed by atoms with Gasteiger partial charge in [0, 0.05) is 45.2 Å². The number of carbonyl (C=O) groups excluding carboxylic acids is 1. The second kappa shape index (κ2) is 6.93. The molecular formula is C12H25N3O2. The zero-order chi connectivity index (χ0) is 12.8. The lowest BCUT2D eigenvalue weighted by Crippen LogP contribution is -2.56. The van der Waals surface area contributed by atoms with Gasteiger partial charge in [0.25, 0.3) is 0 Å². The Bertz CT molecular complexity index is 246. The maximum Gasteiger partial charge on any atom is 0.223 e. The van der Waals surface area contributed by atoms with Gasteiger partial charge in [-0.1, -0.05) is 6.92 Å². The average molecular weight is 243 g/mol. The number of hydrogen-bond acceptors (Lipinski definition) is 4. The summed E-state index contributed by atoms with van der Waals surface area (Å²) in [4.78, 5) is 15.9. The molecule has 1 amide bonds. The maximum absolute atomic E-state index is 11.8. The Kier molecular flexibility index (Phi) is 5.88. The van der Waals surface area contributed by atoms with Crippen LogP contribution >= 0.6 is 0 Å². The van der Waals surface area contributed by atoms with Gasteiger partial charge in [0.05, 0.1) is 6.10 Å². The van der Waals surface area contributed by atoms with E-state index in [1.54, 1.807) is 6.92 Å². The van der Waals surface area contributed by atoms with Crippen LogP contribution < -0.4 is 5.73 Å². The van der Waals surface area contributed by atoms with Crippen molar-refractivity contribution in [1.82, 2.24) is 9.80 Å². The zero-order valence-electron chi connectivity index (χ0n) is 10.9. The van der Waals surface area contributed by atoms with Gasteiger partial charge >= 0.3 is 0 Å². The maximum atomic E-state index is 11.8. The van der Waals surface area contributed by atoms with Crippen LogP contribution in [0.3, 0.4) is 0 Å². The Morgan fingerprint density at radius 3 is 2.76 bits per heavy atom. The van der Waals surface area contributed by atoms with Gasteiger partial charge in [-0.05, 0) is 13.3 Å². The Morgan fingerprint density at radius 2 is 2.24 bits per heavy atom. The molecule has 0 aromatic heterocycles. The minimum absolute atomic E-state index is 0.155. The fourth-order valence-corrected chi connectivity index (χ4v) is 2.37. The topological polar surface area (TPSA) is 69.8 Å². The summed E-state index contributed by atoms with van der Waals surface area (Å²) < 4.78 is 0. The van der Waals surface area contributed by atoms with E-state index in [0.717, 1.165) is 26.1 Å². The summed E-state index contributed by atoms with van der Waals surface area (Å²) in [5.41, 5.74) is 5.41. The first kappa shape index (κ1) is 14.4. The molecule has 5 heteroatoms. The van der Waals surface area contributed by atoms with Gasteiger partial charge in [-0.25, -0.2) is 0 Å². The van der Waals surface area contributed by atoms with Crippen LogP contribution in [-0.2, 0) is 4.79 Å². The minimum Gasteiger partial charge on any atom is -0.392 e. The van der Waals surface area contributed by atoms with Crippen LogP contribution in [-0.4, -0.2) is 65.7 Å². The smallest absolute Gasteiger partial charge is 0.223 e. The summed E-state index contributed by atoms with van der Waals surface area (Å²) in [5, 5.41) is 9.44. The predicted molar refractivity (Wildman–Crippen MR) is 67.6 cm³/mol. The van der Waals surface area contributed by atoms with Crippen molar-refractivity contribution in [3.05, 3.63) is 0 Å². The van der Waals surface area contributed by atoms with Crippen LogP contribution in [0.25, 0.3) is 0 Å². The summed E-state index contributed by atoms with van der Waals surface area (Å²) >= 11 is 0. The van der Waals surface area contributed by atoms with E-state index in [4.69, 9.17) is 5.73 Å². The van der Waals surface area contributed by atoms with Gasteiger partial charge in [-0.3, -0.25) is 9.69 Å². The third kappa shape index (κ3) is 4.26. The Labute approximate surface area is 104 Å². The first-order chi connectivity index (χ1) is 8.08. The molecule has 0 aromatic rings. The molecule has 1 saturated heterocycles. The monoisotopic (exact) mass is 243 g/mol. The van der Waals surface area contributed by atoms with Crippen molar-refractivity contribution in [2.45, 2.75) is 38.8 Å². The molecule has 2 unspecified atom stereocenters. The molecule has 1 fully saturated rings. The van der Waals surface area contributed by atoms with Crippen molar-refractivity contribution in [1.29, 1.82) is 0 Å². The number of β-amino-alcohol motifs (C(OH)–C–C–N with tert-alkyl or cyclic N) is 1. The molecule has 0 spiro atoms. The Balaban J connectivity index is 2.51. The number of piperazine rings is 1. The lowest BCUT2D eigenvalue weighted by atomic mass is 10.1. The number of aliphatic hydroxyl groups is 1. The molecule has 1 heterocycles. The van der Waals surface area contributed by atoms with E-state index in [0.29, 0.717) is 25.6 Å². The first-order valence-corrected chi connectivity index (χ1v) is 6.48. The predicted octanol–water partition coefficient (Wildman–Crippen LogP) is -0.361. The van der Waals surface area contributed by atoms with Crippen molar-refractivity contribution in [2.75, 3.05) is 32.7 Å². The molecule has 0 saturated carbocycles. The largest absolute Gasteiger partial charge is 0.392 e. The number of nitrogens with zero attached hydrogens (tertiary/aromatic N) is 2. The van der Waals surface area contributed by atoms with Crippen molar-refractivity contribution in [3.63, 3.8) is 0 Å². The number of amides is 1. The highest BCUT2D eigenvalue weighted by Gasteiger charge is 2.28. The fourth-order valence-electron chi connectivity index (χ4n) is 2.37. The van der Waals surface area contributed by atoms with E-state index in [2.05, 4.69) is 11.8 Å². The summed E-state index contributed by atoms with van der Waals surface area (Å²) in [6, 6.07) is 0.361. The second-order valence-electron chi connectivity index (χ2n) is 4.78. The molecule has 100 valence electrons. The molecule has 2 atom stereocenters. The molecule has 1 rings (SSSR count).